The highest BCUT2D eigenvalue weighted by atomic mass is 15.0. The average molecular weight is 843 g/mol. The molecule has 4 nitrogen and oxygen atoms in total. The Kier molecular flexibility index (Phi) is 9.29. The van der Waals surface area contributed by atoms with Gasteiger partial charge in [0.1, 0.15) is 11.6 Å². The van der Waals surface area contributed by atoms with Crippen LogP contribution >= 0.6 is 0 Å². The van der Waals surface area contributed by atoms with E-state index in [0.29, 0.717) is 5.56 Å². The third-order valence-corrected chi connectivity index (χ3v) is 13.3. The van der Waals surface area contributed by atoms with E-state index in [0.717, 1.165) is 99.6 Å². The molecule has 0 bridgehead atoms. The Balaban J connectivity index is 1.18. The molecule has 9 aromatic carbocycles. The fourth-order valence-corrected chi connectivity index (χ4v) is 10.2. The van der Waals surface area contributed by atoms with E-state index >= 15 is 0 Å². The van der Waals surface area contributed by atoms with Crippen molar-refractivity contribution in [1.29, 1.82) is 5.26 Å². The molecule has 0 aliphatic carbocycles. The minimum absolute atomic E-state index is 0.574. The van der Waals surface area contributed by atoms with Crippen LogP contribution in [0.2, 0.25) is 0 Å². The van der Waals surface area contributed by atoms with Crippen LogP contribution < -0.4 is 0 Å². The molecular weight excluding hydrogens is 801 g/mol. The molecule has 0 spiro atoms. The lowest BCUT2D eigenvalue weighted by molar-refractivity contribution is 1.12. The molecule has 0 amide bonds. The molecule has 12 rings (SSSR count). The predicted octanol–water partition coefficient (Wildman–Crippen LogP) is 16.1. The molecule has 0 fully saturated rings. The molecule has 0 saturated carbocycles. The molecule has 310 valence electrons. The summed E-state index contributed by atoms with van der Waals surface area (Å²) in [5.74, 6) is 0. The third kappa shape index (κ3) is 6.25. The van der Waals surface area contributed by atoms with Gasteiger partial charge >= 0.3 is 0 Å². The largest absolute Gasteiger partial charge is 0.308 e. The summed E-state index contributed by atoms with van der Waals surface area (Å²) in [5.41, 5.74) is 19.5. The van der Waals surface area contributed by atoms with Gasteiger partial charge in [0.15, 0.2) is 0 Å². The van der Waals surface area contributed by atoms with E-state index in [1.54, 1.807) is 0 Å². The maximum absolute atomic E-state index is 11.7. The molecule has 0 radical (unpaired) electrons. The molecule has 66 heavy (non-hydrogen) atoms. The summed E-state index contributed by atoms with van der Waals surface area (Å²) in [6.45, 7) is 4.33. The zero-order valence-corrected chi connectivity index (χ0v) is 36.6. The van der Waals surface area contributed by atoms with Crippen LogP contribution in [-0.2, 0) is 0 Å². The molecule has 0 aliphatic heterocycles. The van der Waals surface area contributed by atoms with Crippen molar-refractivity contribution in [3.05, 3.63) is 235 Å². The van der Waals surface area contributed by atoms with E-state index in [9.17, 15) is 5.26 Å². The lowest BCUT2D eigenvalue weighted by Crippen LogP contribution is -2.05. The Morgan fingerprint density at radius 3 is 1.36 bits per heavy atom. The van der Waals surface area contributed by atoms with Crippen LogP contribution in [0.5, 0.6) is 0 Å². The van der Waals surface area contributed by atoms with Crippen LogP contribution in [0.25, 0.3) is 111 Å². The van der Waals surface area contributed by atoms with E-state index in [2.05, 4.69) is 235 Å². The van der Waals surface area contributed by atoms with Crippen LogP contribution in [0.4, 0.5) is 0 Å². The van der Waals surface area contributed by atoms with E-state index < -0.39 is 0 Å². The van der Waals surface area contributed by atoms with Crippen LogP contribution in [0.15, 0.2) is 219 Å². The number of para-hydroxylation sites is 2. The monoisotopic (exact) mass is 842 g/mol. The Morgan fingerprint density at radius 2 is 0.818 bits per heavy atom. The number of benzene rings is 9. The summed E-state index contributed by atoms with van der Waals surface area (Å²) in [5, 5.41) is 16.2. The SMILES string of the molecule is Cc1ccccc1-c1ccc2c(c1)c1ccccc1n2-c1cc(-c2cccnc2-c2ccccc2-c2ccccc2)cc(-n2c3ccccc3c3cc(-c4ccccc4C)ccc32)c1C#N. The van der Waals surface area contributed by atoms with Gasteiger partial charge in [-0.05, 0) is 119 Å². The number of hydrogen-bond acceptors (Lipinski definition) is 2. The van der Waals surface area contributed by atoms with Gasteiger partial charge in [0, 0.05) is 38.9 Å². The lowest BCUT2D eigenvalue weighted by atomic mass is 9.92. The van der Waals surface area contributed by atoms with E-state index in [1.165, 1.54) is 22.3 Å². The summed E-state index contributed by atoms with van der Waals surface area (Å²) in [4.78, 5) is 5.15. The number of pyridine rings is 1. The molecule has 3 heterocycles. The molecule has 0 unspecified atom stereocenters. The first-order chi connectivity index (χ1) is 32.6. The molecule has 3 aromatic heterocycles. The maximum atomic E-state index is 11.7. The highest BCUT2D eigenvalue weighted by molar-refractivity contribution is 6.13. The van der Waals surface area contributed by atoms with Crippen molar-refractivity contribution >= 4 is 43.6 Å². The number of nitrogens with zero attached hydrogens (tertiary/aromatic N) is 4. The highest BCUT2D eigenvalue weighted by Crippen LogP contribution is 2.44. The van der Waals surface area contributed by atoms with Crippen LogP contribution in [0.1, 0.15) is 16.7 Å². The van der Waals surface area contributed by atoms with Crippen LogP contribution in [0.3, 0.4) is 0 Å². The smallest absolute Gasteiger partial charge is 0.104 e. The normalized spacial score (nSPS) is 11.5. The summed E-state index contributed by atoms with van der Waals surface area (Å²) in [6, 6.07) is 78.2. The van der Waals surface area contributed by atoms with Crippen molar-refractivity contribution < 1.29 is 0 Å². The van der Waals surface area contributed by atoms with Crippen molar-refractivity contribution in [3.8, 4) is 73.2 Å². The molecule has 0 saturated heterocycles. The van der Waals surface area contributed by atoms with Gasteiger partial charge in [-0.15, -0.1) is 0 Å². The molecular formula is C62H42N4. The maximum Gasteiger partial charge on any atom is 0.104 e. The number of hydrogen-bond donors (Lipinski definition) is 0. The van der Waals surface area contributed by atoms with Gasteiger partial charge < -0.3 is 9.13 Å². The molecule has 12 aromatic rings. The standard InChI is InChI=1S/C62H42N4/c1-40-17-6-8-21-46(40)43-30-32-58-53(35-43)50-24-12-14-28-56(50)65(58)60-37-45(49-27-16-34-64-62(49)52-26-11-10-23-48(52)42-19-4-3-5-20-42)38-61(55(60)39-63)66-57-29-15-13-25-51(57)54-36-44(31-33-59(54)66)47-22-9-7-18-41(47)2/h3-38H,1-2H3. The topological polar surface area (TPSA) is 46.5 Å². The summed E-state index contributed by atoms with van der Waals surface area (Å²) >= 11 is 0. The van der Waals surface area contributed by atoms with Crippen molar-refractivity contribution in [2.24, 2.45) is 0 Å². The van der Waals surface area contributed by atoms with Gasteiger partial charge in [-0.2, -0.15) is 5.26 Å². The summed E-state index contributed by atoms with van der Waals surface area (Å²) in [6.07, 6.45) is 1.88. The fraction of sp³-hybridized carbons (Fsp3) is 0.0323. The first-order valence-electron chi connectivity index (χ1n) is 22.4. The number of nitriles is 1. The van der Waals surface area contributed by atoms with Gasteiger partial charge in [0.05, 0.1) is 39.1 Å². The summed E-state index contributed by atoms with van der Waals surface area (Å²) in [7, 11) is 0. The van der Waals surface area contributed by atoms with Crippen molar-refractivity contribution in [3.63, 3.8) is 0 Å². The van der Waals surface area contributed by atoms with Crippen molar-refractivity contribution in [2.75, 3.05) is 0 Å². The van der Waals surface area contributed by atoms with Gasteiger partial charge in [-0.25, -0.2) is 0 Å². The Bertz CT molecular complexity index is 3730. The minimum atomic E-state index is 0.574. The van der Waals surface area contributed by atoms with E-state index in [-0.39, 0.29) is 0 Å². The Morgan fingerprint density at radius 1 is 0.364 bits per heavy atom. The first kappa shape index (κ1) is 38.9. The second-order valence-electron chi connectivity index (χ2n) is 17.1. The third-order valence-electron chi connectivity index (χ3n) is 13.3. The fourth-order valence-electron chi connectivity index (χ4n) is 10.2. The van der Waals surface area contributed by atoms with E-state index in [1.807, 2.05) is 12.3 Å². The first-order valence-corrected chi connectivity index (χ1v) is 22.4. The van der Waals surface area contributed by atoms with E-state index in [4.69, 9.17) is 4.98 Å². The average Bonchev–Trinajstić information content (AvgIpc) is 3.88. The Labute approximate surface area is 383 Å². The predicted molar refractivity (Wildman–Crippen MR) is 274 cm³/mol. The second kappa shape index (κ2) is 15.8. The minimum Gasteiger partial charge on any atom is -0.308 e. The van der Waals surface area contributed by atoms with Crippen LogP contribution in [0, 0.1) is 25.2 Å². The number of aryl methyl sites for hydroxylation is 2. The van der Waals surface area contributed by atoms with Crippen molar-refractivity contribution in [1.82, 2.24) is 14.1 Å². The van der Waals surface area contributed by atoms with Gasteiger partial charge in [0.25, 0.3) is 0 Å². The van der Waals surface area contributed by atoms with Crippen molar-refractivity contribution in [2.45, 2.75) is 13.8 Å². The zero-order valence-electron chi connectivity index (χ0n) is 36.6. The molecule has 0 aliphatic rings. The quantitative estimate of drug-likeness (QED) is 0.160. The lowest BCUT2D eigenvalue weighted by Gasteiger charge is -2.20. The highest BCUT2D eigenvalue weighted by Gasteiger charge is 2.24. The van der Waals surface area contributed by atoms with Crippen LogP contribution in [-0.4, -0.2) is 14.1 Å². The number of rotatable bonds is 7. The molecule has 0 atom stereocenters. The van der Waals surface area contributed by atoms with Gasteiger partial charge in [-0.3, -0.25) is 4.98 Å². The molecule has 0 N–H and O–H groups in total. The number of aromatic nitrogens is 3. The Hall–Kier alpha value is -8.78. The number of fused-ring (bicyclic) bond motifs is 6. The second-order valence-corrected chi connectivity index (χ2v) is 17.1. The van der Waals surface area contributed by atoms with Gasteiger partial charge in [0.2, 0.25) is 0 Å². The molecule has 4 heteroatoms. The zero-order chi connectivity index (χ0) is 44.3. The van der Waals surface area contributed by atoms with Gasteiger partial charge in [-0.1, -0.05) is 158 Å². The summed E-state index contributed by atoms with van der Waals surface area (Å²) < 4.78 is 4.60.